The molecule has 1 amide bonds. The summed E-state index contributed by atoms with van der Waals surface area (Å²) >= 11 is 0. The molecule has 1 N–H and O–H groups in total. The fourth-order valence-electron chi connectivity index (χ4n) is 2.08. The maximum Gasteiger partial charge on any atom is 0.279 e. The summed E-state index contributed by atoms with van der Waals surface area (Å²) in [7, 11) is 0. The zero-order valence-electron chi connectivity index (χ0n) is 12.7. The highest BCUT2D eigenvalue weighted by molar-refractivity contribution is 6.06. The Morgan fingerprint density at radius 1 is 0.880 bits per heavy atom. The molecular formula is C14H10N4O7. The van der Waals surface area contributed by atoms with Gasteiger partial charge in [0.2, 0.25) is 0 Å². The molecule has 25 heavy (non-hydrogen) atoms. The van der Waals surface area contributed by atoms with Crippen LogP contribution in [0.2, 0.25) is 0 Å². The van der Waals surface area contributed by atoms with Crippen LogP contribution in [0.5, 0.6) is 0 Å². The summed E-state index contributed by atoms with van der Waals surface area (Å²) in [5.74, 6) is -0.807. The predicted molar refractivity (Wildman–Crippen MR) is 85.5 cm³/mol. The van der Waals surface area contributed by atoms with E-state index in [9.17, 15) is 35.1 Å². The highest BCUT2D eigenvalue weighted by Crippen LogP contribution is 2.28. The van der Waals surface area contributed by atoms with Gasteiger partial charge in [-0.05, 0) is 19.1 Å². The molecule has 0 saturated carbocycles. The first kappa shape index (κ1) is 17.5. The Morgan fingerprint density at radius 2 is 1.44 bits per heavy atom. The van der Waals surface area contributed by atoms with Crippen LogP contribution in [0.15, 0.2) is 36.4 Å². The van der Waals surface area contributed by atoms with E-state index in [2.05, 4.69) is 5.32 Å². The van der Waals surface area contributed by atoms with Crippen LogP contribution < -0.4 is 5.32 Å². The number of rotatable bonds is 5. The second kappa shape index (κ2) is 6.70. The van der Waals surface area contributed by atoms with Crippen LogP contribution in [0.1, 0.15) is 15.9 Å². The maximum absolute atomic E-state index is 12.3. The fourth-order valence-corrected chi connectivity index (χ4v) is 2.08. The van der Waals surface area contributed by atoms with Gasteiger partial charge in [0.1, 0.15) is 0 Å². The standard InChI is InChI=1S/C14H10N4O7/c1-8-12(6-11(17(22)23)7-13(8)18(24)25)14(19)15-9-2-4-10(5-3-9)16(20)21/h2-7H,1H3,(H,15,19). The van der Waals surface area contributed by atoms with Gasteiger partial charge in [-0.15, -0.1) is 0 Å². The lowest BCUT2D eigenvalue weighted by Crippen LogP contribution is -2.14. The smallest absolute Gasteiger partial charge is 0.279 e. The predicted octanol–water partition coefficient (Wildman–Crippen LogP) is 2.97. The van der Waals surface area contributed by atoms with Gasteiger partial charge < -0.3 is 5.32 Å². The molecule has 11 heteroatoms. The minimum Gasteiger partial charge on any atom is -0.322 e. The summed E-state index contributed by atoms with van der Waals surface area (Å²) in [5.41, 5.74) is -1.40. The van der Waals surface area contributed by atoms with Crippen LogP contribution in [0, 0.1) is 37.3 Å². The van der Waals surface area contributed by atoms with Crippen molar-refractivity contribution in [3.05, 3.63) is 77.9 Å². The molecule has 0 aliphatic carbocycles. The van der Waals surface area contributed by atoms with Gasteiger partial charge in [-0.1, -0.05) is 0 Å². The van der Waals surface area contributed by atoms with Crippen molar-refractivity contribution < 1.29 is 19.6 Å². The lowest BCUT2D eigenvalue weighted by molar-refractivity contribution is -0.394. The monoisotopic (exact) mass is 346 g/mol. The number of carbonyl (C=O) groups is 1. The first-order valence-corrected chi connectivity index (χ1v) is 6.70. The number of benzene rings is 2. The van der Waals surface area contributed by atoms with Gasteiger partial charge in [-0.2, -0.15) is 0 Å². The number of hydrogen-bond acceptors (Lipinski definition) is 7. The number of hydrogen-bond donors (Lipinski definition) is 1. The van der Waals surface area contributed by atoms with Crippen molar-refractivity contribution in [1.82, 2.24) is 0 Å². The second-order valence-corrected chi connectivity index (χ2v) is 4.91. The van der Waals surface area contributed by atoms with E-state index in [-0.39, 0.29) is 22.5 Å². The molecular weight excluding hydrogens is 336 g/mol. The largest absolute Gasteiger partial charge is 0.322 e. The van der Waals surface area contributed by atoms with E-state index in [1.54, 1.807) is 0 Å². The minimum atomic E-state index is -0.838. The van der Waals surface area contributed by atoms with Crippen LogP contribution in [0.25, 0.3) is 0 Å². The SMILES string of the molecule is Cc1c(C(=O)Nc2ccc([N+](=O)[O-])cc2)cc([N+](=O)[O-])cc1[N+](=O)[O-]. The third-order valence-electron chi connectivity index (χ3n) is 3.35. The average Bonchev–Trinajstić information content (AvgIpc) is 2.54. The summed E-state index contributed by atoms with van der Waals surface area (Å²) in [5, 5.41) is 34.9. The Bertz CT molecular complexity index is 893. The van der Waals surface area contributed by atoms with Crippen LogP contribution in [0.4, 0.5) is 22.7 Å². The molecule has 128 valence electrons. The van der Waals surface area contributed by atoms with E-state index in [4.69, 9.17) is 0 Å². The molecule has 0 radical (unpaired) electrons. The Labute approximate surface area is 139 Å². The summed E-state index contributed by atoms with van der Waals surface area (Å²) < 4.78 is 0. The number of carbonyl (C=O) groups excluding carboxylic acids is 1. The molecule has 0 atom stereocenters. The molecule has 0 unspecified atom stereocenters. The maximum atomic E-state index is 12.3. The third kappa shape index (κ3) is 3.72. The molecule has 0 fully saturated rings. The Balaban J connectivity index is 2.39. The molecule has 0 aliphatic heterocycles. The number of non-ortho nitro benzene ring substituents is 2. The topological polar surface area (TPSA) is 159 Å². The molecule has 0 spiro atoms. The fraction of sp³-hybridized carbons (Fsp3) is 0.0714. The average molecular weight is 346 g/mol. The van der Waals surface area contributed by atoms with Gasteiger partial charge in [0.25, 0.3) is 23.0 Å². The Kier molecular flexibility index (Phi) is 4.68. The van der Waals surface area contributed by atoms with E-state index >= 15 is 0 Å². The number of anilines is 1. The molecule has 0 bridgehead atoms. The van der Waals surface area contributed by atoms with Crippen molar-refractivity contribution in [2.24, 2.45) is 0 Å². The normalized spacial score (nSPS) is 10.1. The minimum absolute atomic E-state index is 0.0324. The quantitative estimate of drug-likeness (QED) is 0.643. The number of nitrogens with one attached hydrogen (secondary N) is 1. The first-order valence-electron chi connectivity index (χ1n) is 6.70. The molecule has 11 nitrogen and oxygen atoms in total. The van der Waals surface area contributed by atoms with Gasteiger partial charge in [-0.3, -0.25) is 35.1 Å². The zero-order valence-corrected chi connectivity index (χ0v) is 12.7. The van der Waals surface area contributed by atoms with Gasteiger partial charge in [0, 0.05) is 29.4 Å². The summed E-state index contributed by atoms with van der Waals surface area (Å²) in [6, 6.07) is 6.59. The summed E-state index contributed by atoms with van der Waals surface area (Å²) in [6.07, 6.45) is 0. The van der Waals surface area contributed by atoms with Crippen molar-refractivity contribution in [2.75, 3.05) is 5.32 Å². The lowest BCUT2D eigenvalue weighted by Gasteiger charge is -2.08. The van der Waals surface area contributed by atoms with E-state index in [1.165, 1.54) is 31.2 Å². The van der Waals surface area contributed by atoms with Crippen LogP contribution in [-0.2, 0) is 0 Å². The highest BCUT2D eigenvalue weighted by atomic mass is 16.6. The van der Waals surface area contributed by atoms with Crippen molar-refractivity contribution in [3.63, 3.8) is 0 Å². The molecule has 0 saturated heterocycles. The molecule has 0 aliphatic rings. The lowest BCUT2D eigenvalue weighted by atomic mass is 10.0. The Hall–Kier alpha value is -3.89. The molecule has 0 aromatic heterocycles. The van der Waals surface area contributed by atoms with Gasteiger partial charge >= 0.3 is 0 Å². The van der Waals surface area contributed by atoms with Crippen molar-refractivity contribution in [2.45, 2.75) is 6.92 Å². The number of amides is 1. The van der Waals surface area contributed by atoms with E-state index in [1.807, 2.05) is 0 Å². The third-order valence-corrected chi connectivity index (χ3v) is 3.35. The zero-order chi connectivity index (χ0) is 18.7. The van der Waals surface area contributed by atoms with Crippen molar-refractivity contribution >= 4 is 28.7 Å². The second-order valence-electron chi connectivity index (χ2n) is 4.91. The first-order chi connectivity index (χ1) is 11.7. The number of nitrogens with zero attached hydrogens (tertiary/aromatic N) is 3. The van der Waals surface area contributed by atoms with Crippen molar-refractivity contribution in [1.29, 1.82) is 0 Å². The molecule has 2 aromatic rings. The number of nitro benzene ring substituents is 3. The molecule has 0 heterocycles. The van der Waals surface area contributed by atoms with E-state index < -0.39 is 32.1 Å². The van der Waals surface area contributed by atoms with Crippen LogP contribution in [-0.4, -0.2) is 20.7 Å². The molecule has 2 rings (SSSR count). The van der Waals surface area contributed by atoms with Crippen LogP contribution in [0.3, 0.4) is 0 Å². The summed E-state index contributed by atoms with van der Waals surface area (Å²) in [6.45, 7) is 1.30. The van der Waals surface area contributed by atoms with Gasteiger partial charge in [0.05, 0.1) is 26.4 Å². The summed E-state index contributed by atoms with van der Waals surface area (Å²) in [4.78, 5) is 42.6. The van der Waals surface area contributed by atoms with Crippen LogP contribution >= 0.6 is 0 Å². The highest BCUT2D eigenvalue weighted by Gasteiger charge is 2.24. The van der Waals surface area contributed by atoms with E-state index in [0.717, 1.165) is 12.1 Å². The Morgan fingerprint density at radius 3 is 1.92 bits per heavy atom. The van der Waals surface area contributed by atoms with Gasteiger partial charge in [0.15, 0.2) is 0 Å². The van der Waals surface area contributed by atoms with Crippen molar-refractivity contribution in [3.8, 4) is 0 Å². The van der Waals surface area contributed by atoms with Gasteiger partial charge in [-0.25, -0.2) is 0 Å². The number of nitro groups is 3. The van der Waals surface area contributed by atoms with E-state index in [0.29, 0.717) is 0 Å². The molecule has 2 aromatic carbocycles.